The van der Waals surface area contributed by atoms with Crippen molar-refractivity contribution >= 4 is 34.3 Å². The molecule has 1 aliphatic heterocycles. The van der Waals surface area contributed by atoms with Crippen LogP contribution in [-0.4, -0.2) is 16.6 Å². The quantitative estimate of drug-likeness (QED) is 0.654. The minimum absolute atomic E-state index is 0.120. The maximum Gasteiger partial charge on any atom is 0.284 e. The van der Waals surface area contributed by atoms with Gasteiger partial charge in [-0.05, 0) is 40.6 Å². The van der Waals surface area contributed by atoms with E-state index in [1.165, 1.54) is 28.5 Å². The third-order valence-corrected chi connectivity index (χ3v) is 5.69. The number of amides is 1. The zero-order chi connectivity index (χ0) is 16.5. The molecular weight excluding hydrogens is 343 g/mol. The van der Waals surface area contributed by atoms with Crippen molar-refractivity contribution in [1.82, 2.24) is 5.01 Å². The van der Waals surface area contributed by atoms with Crippen molar-refractivity contribution in [3.05, 3.63) is 80.4 Å². The second-order valence-electron chi connectivity index (χ2n) is 5.42. The second kappa shape index (κ2) is 6.30. The van der Waals surface area contributed by atoms with Crippen molar-refractivity contribution in [1.29, 1.82) is 0 Å². The van der Waals surface area contributed by atoms with E-state index in [1.54, 1.807) is 29.5 Å². The Morgan fingerprint density at radius 2 is 1.83 bits per heavy atom. The molecule has 24 heavy (non-hydrogen) atoms. The molecule has 3 heterocycles. The molecule has 3 aromatic rings. The van der Waals surface area contributed by atoms with Gasteiger partial charge in [-0.15, -0.1) is 22.7 Å². The zero-order valence-corrected chi connectivity index (χ0v) is 14.2. The predicted molar refractivity (Wildman–Crippen MR) is 95.1 cm³/mol. The van der Waals surface area contributed by atoms with Crippen molar-refractivity contribution in [2.45, 2.75) is 12.5 Å². The average Bonchev–Trinajstić information content (AvgIpc) is 3.34. The first-order chi connectivity index (χ1) is 11.7. The van der Waals surface area contributed by atoms with Crippen LogP contribution in [-0.2, 0) is 0 Å². The highest BCUT2D eigenvalue weighted by Gasteiger charge is 2.34. The van der Waals surface area contributed by atoms with Crippen molar-refractivity contribution in [2.75, 3.05) is 0 Å². The number of carbonyl (C=O) groups is 1. The lowest BCUT2D eigenvalue weighted by molar-refractivity contribution is 0.0716. The minimum atomic E-state index is -0.285. The molecule has 1 aliphatic rings. The summed E-state index contributed by atoms with van der Waals surface area (Å²) in [6.45, 7) is 0. The summed E-state index contributed by atoms with van der Waals surface area (Å²) in [6, 6.07) is 13.7. The van der Waals surface area contributed by atoms with Crippen LogP contribution in [0.15, 0.2) is 64.4 Å². The van der Waals surface area contributed by atoms with Gasteiger partial charge in [0, 0.05) is 6.42 Å². The molecular formula is C18H13FN2OS2. The summed E-state index contributed by atoms with van der Waals surface area (Å²) < 4.78 is 13.2. The van der Waals surface area contributed by atoms with Crippen LogP contribution < -0.4 is 0 Å². The Hall–Kier alpha value is -2.31. The van der Waals surface area contributed by atoms with Gasteiger partial charge in [-0.2, -0.15) is 5.10 Å². The van der Waals surface area contributed by atoms with E-state index in [0.717, 1.165) is 16.2 Å². The Balaban J connectivity index is 1.72. The number of halogens is 1. The monoisotopic (exact) mass is 356 g/mol. The number of carbonyl (C=O) groups excluding carboxylic acids is 1. The highest BCUT2D eigenvalue weighted by molar-refractivity contribution is 7.12. The fraction of sp³-hybridized carbons (Fsp3) is 0.111. The highest BCUT2D eigenvalue weighted by Crippen LogP contribution is 2.35. The van der Waals surface area contributed by atoms with E-state index < -0.39 is 0 Å². The molecule has 0 fully saturated rings. The molecule has 2 aromatic heterocycles. The molecule has 0 radical (unpaired) electrons. The molecule has 120 valence electrons. The largest absolute Gasteiger partial charge is 0.284 e. The van der Waals surface area contributed by atoms with Crippen LogP contribution in [0.2, 0.25) is 0 Å². The Morgan fingerprint density at radius 3 is 2.50 bits per heavy atom. The van der Waals surface area contributed by atoms with E-state index in [-0.39, 0.29) is 17.8 Å². The van der Waals surface area contributed by atoms with Crippen molar-refractivity contribution in [3.63, 3.8) is 0 Å². The molecule has 1 aromatic carbocycles. The van der Waals surface area contributed by atoms with Crippen LogP contribution >= 0.6 is 22.7 Å². The normalized spacial score (nSPS) is 17.1. The number of hydrogen-bond acceptors (Lipinski definition) is 4. The van der Waals surface area contributed by atoms with Crippen molar-refractivity contribution in [2.24, 2.45) is 5.10 Å². The van der Waals surface area contributed by atoms with Gasteiger partial charge in [0.25, 0.3) is 5.91 Å². The Labute approximate surface area is 146 Å². The Kier molecular flexibility index (Phi) is 4.00. The zero-order valence-electron chi connectivity index (χ0n) is 12.6. The standard InChI is InChI=1S/C18H13FN2OS2/c19-13-7-5-12(6-8-13)15-11-14(16-3-1-9-23-16)20-21(15)18(22)17-4-2-10-24-17/h1-10,15H,11H2. The molecule has 0 saturated heterocycles. The van der Waals surface area contributed by atoms with E-state index in [0.29, 0.717) is 11.3 Å². The summed E-state index contributed by atoms with van der Waals surface area (Å²) >= 11 is 3.00. The van der Waals surface area contributed by atoms with Crippen LogP contribution in [0, 0.1) is 5.82 Å². The summed E-state index contributed by atoms with van der Waals surface area (Å²) in [7, 11) is 0. The number of rotatable bonds is 3. The van der Waals surface area contributed by atoms with Gasteiger partial charge in [-0.3, -0.25) is 4.79 Å². The van der Waals surface area contributed by atoms with E-state index in [2.05, 4.69) is 5.10 Å². The van der Waals surface area contributed by atoms with Gasteiger partial charge in [0.05, 0.1) is 21.5 Å². The molecule has 0 bridgehead atoms. The fourth-order valence-corrected chi connectivity index (χ4v) is 4.12. The summed E-state index contributed by atoms with van der Waals surface area (Å²) in [5, 5.41) is 10.00. The predicted octanol–water partition coefficient (Wildman–Crippen LogP) is 4.94. The van der Waals surface area contributed by atoms with Gasteiger partial charge in [0.1, 0.15) is 5.82 Å². The van der Waals surface area contributed by atoms with Gasteiger partial charge in [0.2, 0.25) is 0 Å². The van der Waals surface area contributed by atoms with E-state index >= 15 is 0 Å². The van der Waals surface area contributed by atoms with Gasteiger partial charge < -0.3 is 0 Å². The summed E-state index contributed by atoms with van der Waals surface area (Å²) in [5.41, 5.74) is 1.78. The van der Waals surface area contributed by atoms with Gasteiger partial charge in [0.15, 0.2) is 0 Å². The summed E-state index contributed by atoms with van der Waals surface area (Å²) in [5.74, 6) is -0.404. The molecule has 1 unspecified atom stereocenters. The van der Waals surface area contributed by atoms with Crippen LogP contribution in [0.1, 0.15) is 32.6 Å². The topological polar surface area (TPSA) is 32.7 Å². The number of thiophene rings is 2. The molecule has 0 spiro atoms. The first kappa shape index (κ1) is 15.2. The van der Waals surface area contributed by atoms with Crippen LogP contribution in [0.5, 0.6) is 0 Å². The summed E-state index contributed by atoms with van der Waals surface area (Å²) in [6.07, 6.45) is 0.628. The SMILES string of the molecule is O=C(c1cccs1)N1N=C(c2cccs2)CC1c1ccc(F)cc1. The second-order valence-corrected chi connectivity index (χ2v) is 7.32. The third kappa shape index (κ3) is 2.79. The van der Waals surface area contributed by atoms with E-state index in [4.69, 9.17) is 0 Å². The lowest BCUT2D eigenvalue weighted by Gasteiger charge is -2.21. The molecule has 0 saturated carbocycles. The first-order valence-electron chi connectivity index (χ1n) is 7.46. The molecule has 0 aliphatic carbocycles. The lowest BCUT2D eigenvalue weighted by Crippen LogP contribution is -2.26. The van der Waals surface area contributed by atoms with Gasteiger partial charge in [-0.1, -0.05) is 24.3 Å². The number of hydrazone groups is 1. The van der Waals surface area contributed by atoms with Crippen molar-refractivity contribution in [3.8, 4) is 0 Å². The molecule has 0 N–H and O–H groups in total. The Morgan fingerprint density at radius 1 is 1.08 bits per heavy atom. The fourth-order valence-electron chi connectivity index (χ4n) is 2.75. The third-order valence-electron chi connectivity index (χ3n) is 3.91. The molecule has 6 heteroatoms. The van der Waals surface area contributed by atoms with Crippen LogP contribution in [0.4, 0.5) is 4.39 Å². The smallest absolute Gasteiger partial charge is 0.266 e. The summed E-state index contributed by atoms with van der Waals surface area (Å²) in [4.78, 5) is 14.5. The number of benzene rings is 1. The van der Waals surface area contributed by atoms with E-state index in [1.807, 2.05) is 29.0 Å². The maximum atomic E-state index is 13.2. The molecule has 1 atom stereocenters. The minimum Gasteiger partial charge on any atom is -0.266 e. The number of nitrogens with zero attached hydrogens (tertiary/aromatic N) is 2. The maximum absolute atomic E-state index is 13.2. The van der Waals surface area contributed by atoms with Gasteiger partial charge in [-0.25, -0.2) is 9.40 Å². The van der Waals surface area contributed by atoms with Gasteiger partial charge >= 0.3 is 0 Å². The number of hydrogen-bond donors (Lipinski definition) is 0. The molecule has 1 amide bonds. The van der Waals surface area contributed by atoms with Crippen LogP contribution in [0.25, 0.3) is 0 Å². The Bertz CT molecular complexity index is 870. The average molecular weight is 356 g/mol. The highest BCUT2D eigenvalue weighted by atomic mass is 32.1. The van der Waals surface area contributed by atoms with Crippen LogP contribution in [0.3, 0.4) is 0 Å². The van der Waals surface area contributed by atoms with Crippen molar-refractivity contribution < 1.29 is 9.18 Å². The molecule has 3 nitrogen and oxygen atoms in total. The molecule has 4 rings (SSSR count). The lowest BCUT2D eigenvalue weighted by atomic mass is 10.0. The van der Waals surface area contributed by atoms with E-state index in [9.17, 15) is 9.18 Å². The first-order valence-corrected chi connectivity index (χ1v) is 9.22.